The minimum atomic E-state index is -0.496. The monoisotopic (exact) mass is 389 g/mol. The van der Waals surface area contributed by atoms with Gasteiger partial charge < -0.3 is 23.9 Å². The molecule has 1 atom stereocenters. The van der Waals surface area contributed by atoms with Crippen LogP contribution in [0.25, 0.3) is 11.5 Å². The number of nitrogens with zero attached hydrogens (tertiary/aromatic N) is 2. The first-order valence-corrected chi connectivity index (χ1v) is 9.58. The first kappa shape index (κ1) is 20.0. The molecule has 1 saturated heterocycles. The molecule has 28 heavy (non-hydrogen) atoms. The minimum absolute atomic E-state index is 0.213. The van der Waals surface area contributed by atoms with Crippen LogP contribution in [0, 0.1) is 5.92 Å². The minimum Gasteiger partial charge on any atom is -0.461 e. The number of carbonyl (C=O) groups excluding carboxylic acids is 2. The Bertz CT molecular complexity index is 791. The summed E-state index contributed by atoms with van der Waals surface area (Å²) in [6, 6.07) is 5.03. The van der Waals surface area contributed by atoms with Gasteiger partial charge in [0.1, 0.15) is 5.60 Å². The van der Waals surface area contributed by atoms with Crippen LogP contribution in [0.3, 0.4) is 0 Å². The van der Waals surface area contributed by atoms with Crippen molar-refractivity contribution in [2.75, 3.05) is 19.6 Å². The zero-order chi connectivity index (χ0) is 20.1. The van der Waals surface area contributed by atoms with Gasteiger partial charge in [0, 0.05) is 25.7 Å². The maximum Gasteiger partial charge on any atom is 0.410 e. The molecule has 1 aliphatic heterocycles. The highest BCUT2D eigenvalue weighted by Crippen LogP contribution is 2.22. The topological polar surface area (TPSA) is 97.8 Å². The first-order chi connectivity index (χ1) is 13.3. The normalized spacial score (nSPS) is 17.4. The number of piperidine rings is 1. The highest BCUT2D eigenvalue weighted by atomic mass is 16.6. The highest BCUT2D eigenvalue weighted by Gasteiger charge is 2.27. The van der Waals surface area contributed by atoms with Gasteiger partial charge in [0.25, 0.3) is 5.91 Å². The summed E-state index contributed by atoms with van der Waals surface area (Å²) < 4.78 is 15.8. The van der Waals surface area contributed by atoms with Gasteiger partial charge in [0.2, 0.25) is 5.76 Å². The van der Waals surface area contributed by atoms with Crippen molar-refractivity contribution in [1.29, 1.82) is 0 Å². The van der Waals surface area contributed by atoms with E-state index < -0.39 is 5.60 Å². The molecular weight excluding hydrogens is 362 g/mol. The van der Waals surface area contributed by atoms with Gasteiger partial charge in [-0.1, -0.05) is 5.16 Å². The third-order valence-corrected chi connectivity index (χ3v) is 4.52. The third kappa shape index (κ3) is 5.37. The Morgan fingerprint density at radius 2 is 2.18 bits per heavy atom. The first-order valence-electron chi connectivity index (χ1n) is 9.58. The van der Waals surface area contributed by atoms with E-state index in [1.807, 2.05) is 20.8 Å². The molecule has 2 aromatic rings. The van der Waals surface area contributed by atoms with Gasteiger partial charge in [-0.2, -0.15) is 0 Å². The van der Waals surface area contributed by atoms with Crippen LogP contribution in [0.5, 0.6) is 0 Å². The van der Waals surface area contributed by atoms with Crippen molar-refractivity contribution in [2.45, 2.75) is 45.6 Å². The Morgan fingerprint density at radius 1 is 1.36 bits per heavy atom. The van der Waals surface area contributed by atoms with Gasteiger partial charge >= 0.3 is 6.09 Å². The SMILES string of the molecule is CC(C)(C)OC(=O)N1CCCC(CCNC(=O)c2cc(-c3ccco3)on2)C1. The average Bonchev–Trinajstić information content (AvgIpc) is 3.32. The smallest absolute Gasteiger partial charge is 0.410 e. The molecule has 0 aromatic carbocycles. The van der Waals surface area contributed by atoms with E-state index >= 15 is 0 Å². The Kier molecular flexibility index (Phi) is 6.06. The lowest BCUT2D eigenvalue weighted by Crippen LogP contribution is -2.43. The highest BCUT2D eigenvalue weighted by molar-refractivity contribution is 5.92. The predicted molar refractivity (Wildman–Crippen MR) is 102 cm³/mol. The zero-order valence-electron chi connectivity index (χ0n) is 16.6. The molecule has 8 nitrogen and oxygen atoms in total. The van der Waals surface area contributed by atoms with Gasteiger partial charge in [-0.15, -0.1) is 0 Å². The summed E-state index contributed by atoms with van der Waals surface area (Å²) in [6.07, 6.45) is 4.01. The Balaban J connectivity index is 1.44. The van der Waals surface area contributed by atoms with Gasteiger partial charge in [0.15, 0.2) is 11.5 Å². The summed E-state index contributed by atoms with van der Waals surface area (Å²) in [6.45, 7) is 7.47. The second-order valence-corrected chi connectivity index (χ2v) is 8.03. The summed E-state index contributed by atoms with van der Waals surface area (Å²) in [5.74, 6) is 0.977. The van der Waals surface area contributed by atoms with Crippen molar-refractivity contribution in [1.82, 2.24) is 15.4 Å². The van der Waals surface area contributed by atoms with Crippen LogP contribution in [-0.4, -0.2) is 47.3 Å². The van der Waals surface area contributed by atoms with Crippen LogP contribution in [0.15, 0.2) is 33.4 Å². The fourth-order valence-electron chi connectivity index (χ4n) is 3.19. The van der Waals surface area contributed by atoms with Crippen molar-refractivity contribution >= 4 is 12.0 Å². The Labute approximate surface area is 164 Å². The quantitative estimate of drug-likeness (QED) is 0.837. The van der Waals surface area contributed by atoms with E-state index in [2.05, 4.69) is 10.5 Å². The molecule has 0 spiro atoms. The number of rotatable bonds is 5. The summed E-state index contributed by atoms with van der Waals surface area (Å²) in [7, 11) is 0. The summed E-state index contributed by atoms with van der Waals surface area (Å²) in [5, 5.41) is 6.65. The molecule has 3 rings (SSSR count). The van der Waals surface area contributed by atoms with Gasteiger partial charge in [-0.3, -0.25) is 4.79 Å². The molecule has 152 valence electrons. The average molecular weight is 389 g/mol. The third-order valence-electron chi connectivity index (χ3n) is 4.52. The fourth-order valence-corrected chi connectivity index (χ4v) is 3.19. The van der Waals surface area contributed by atoms with Gasteiger partial charge in [0.05, 0.1) is 6.26 Å². The second kappa shape index (κ2) is 8.50. The number of nitrogens with one attached hydrogen (secondary N) is 1. The Morgan fingerprint density at radius 3 is 2.89 bits per heavy atom. The standard InChI is InChI=1S/C20H27N3O5/c1-20(2,3)27-19(25)23-10-4-6-14(13-23)8-9-21-18(24)15-12-17(28-22-15)16-7-5-11-26-16/h5,7,11-12,14H,4,6,8-10,13H2,1-3H3,(H,21,24). The summed E-state index contributed by atoms with van der Waals surface area (Å²) in [4.78, 5) is 26.2. The van der Waals surface area contributed by atoms with Crippen LogP contribution in [0.1, 0.15) is 50.5 Å². The lowest BCUT2D eigenvalue weighted by atomic mass is 9.95. The van der Waals surface area contributed by atoms with E-state index in [4.69, 9.17) is 13.7 Å². The van der Waals surface area contributed by atoms with E-state index in [-0.39, 0.29) is 17.7 Å². The number of furan rings is 1. The predicted octanol–water partition coefficient (Wildman–Crippen LogP) is 3.70. The molecule has 0 radical (unpaired) electrons. The fraction of sp³-hybridized carbons (Fsp3) is 0.550. The molecule has 0 saturated carbocycles. The molecule has 2 aromatic heterocycles. The number of aromatic nitrogens is 1. The maximum absolute atomic E-state index is 12.2. The maximum atomic E-state index is 12.2. The van der Waals surface area contributed by atoms with Gasteiger partial charge in [-0.25, -0.2) is 4.79 Å². The molecule has 2 amide bonds. The molecule has 3 heterocycles. The van der Waals surface area contributed by atoms with Crippen LogP contribution < -0.4 is 5.32 Å². The van der Waals surface area contributed by atoms with Crippen LogP contribution in [-0.2, 0) is 4.74 Å². The van der Waals surface area contributed by atoms with Crippen LogP contribution in [0.2, 0.25) is 0 Å². The number of likely N-dealkylation sites (tertiary alicyclic amines) is 1. The second-order valence-electron chi connectivity index (χ2n) is 8.03. The van der Waals surface area contributed by atoms with Crippen molar-refractivity contribution < 1.29 is 23.3 Å². The van der Waals surface area contributed by atoms with E-state index in [0.717, 1.165) is 19.3 Å². The van der Waals surface area contributed by atoms with Crippen molar-refractivity contribution in [3.63, 3.8) is 0 Å². The molecule has 1 aliphatic rings. The summed E-state index contributed by atoms with van der Waals surface area (Å²) in [5.41, 5.74) is -0.283. The molecule has 0 aliphatic carbocycles. The molecular formula is C20H27N3O5. The van der Waals surface area contributed by atoms with E-state index in [0.29, 0.717) is 37.1 Å². The number of carbonyl (C=O) groups is 2. The van der Waals surface area contributed by atoms with E-state index in [1.165, 1.54) is 6.26 Å². The summed E-state index contributed by atoms with van der Waals surface area (Å²) >= 11 is 0. The number of amides is 2. The Hall–Kier alpha value is -2.77. The van der Waals surface area contributed by atoms with E-state index in [1.54, 1.807) is 23.1 Å². The molecule has 1 N–H and O–H groups in total. The molecule has 0 bridgehead atoms. The van der Waals surface area contributed by atoms with Crippen molar-refractivity contribution in [2.24, 2.45) is 5.92 Å². The zero-order valence-corrected chi connectivity index (χ0v) is 16.6. The number of ether oxygens (including phenoxy) is 1. The van der Waals surface area contributed by atoms with Gasteiger partial charge in [-0.05, 0) is 58.1 Å². The van der Waals surface area contributed by atoms with Crippen LogP contribution in [0.4, 0.5) is 4.79 Å². The molecule has 1 unspecified atom stereocenters. The largest absolute Gasteiger partial charge is 0.461 e. The molecule has 8 heteroatoms. The lowest BCUT2D eigenvalue weighted by molar-refractivity contribution is 0.0161. The van der Waals surface area contributed by atoms with Crippen LogP contribution >= 0.6 is 0 Å². The lowest BCUT2D eigenvalue weighted by Gasteiger charge is -2.34. The number of hydrogen-bond donors (Lipinski definition) is 1. The van der Waals surface area contributed by atoms with E-state index in [9.17, 15) is 9.59 Å². The van der Waals surface area contributed by atoms with Crippen molar-refractivity contribution in [3.05, 3.63) is 30.2 Å². The molecule has 1 fully saturated rings. The number of hydrogen-bond acceptors (Lipinski definition) is 6. The van der Waals surface area contributed by atoms with Crippen molar-refractivity contribution in [3.8, 4) is 11.5 Å².